The molecule has 0 radical (unpaired) electrons. The van der Waals surface area contributed by atoms with Gasteiger partial charge in [0.15, 0.2) is 0 Å². The SMILES string of the molecule is CCCN(CCC)c1cc(/C=N/Nc2c[nH]c3ccccc23)nc(OCCNC)n1. The second kappa shape index (κ2) is 11.2. The van der Waals surface area contributed by atoms with Crippen LogP contribution in [-0.2, 0) is 0 Å². The molecule has 0 aliphatic rings. The molecule has 0 aliphatic carbocycles. The number of hydrazone groups is 1. The molecule has 0 saturated heterocycles. The van der Waals surface area contributed by atoms with E-state index in [0.29, 0.717) is 18.3 Å². The number of benzene rings is 1. The molecule has 0 unspecified atom stereocenters. The van der Waals surface area contributed by atoms with Gasteiger partial charge in [0, 0.05) is 42.8 Å². The van der Waals surface area contributed by atoms with E-state index in [1.54, 1.807) is 6.21 Å². The van der Waals surface area contributed by atoms with Crippen molar-refractivity contribution < 1.29 is 4.74 Å². The van der Waals surface area contributed by atoms with Crippen LogP contribution in [0.2, 0.25) is 0 Å². The van der Waals surface area contributed by atoms with Gasteiger partial charge in [-0.3, -0.25) is 5.43 Å². The maximum atomic E-state index is 5.75. The summed E-state index contributed by atoms with van der Waals surface area (Å²) >= 11 is 0. The van der Waals surface area contributed by atoms with Gasteiger partial charge in [-0.2, -0.15) is 15.1 Å². The molecule has 0 aliphatic heterocycles. The number of rotatable bonds is 12. The molecule has 0 atom stereocenters. The maximum Gasteiger partial charge on any atom is 0.319 e. The summed E-state index contributed by atoms with van der Waals surface area (Å²) < 4.78 is 5.75. The van der Waals surface area contributed by atoms with E-state index in [4.69, 9.17) is 4.74 Å². The van der Waals surface area contributed by atoms with Gasteiger partial charge in [0.25, 0.3) is 0 Å². The Hall–Kier alpha value is -3.13. The largest absolute Gasteiger partial charge is 0.462 e. The van der Waals surface area contributed by atoms with Crippen LogP contribution in [0, 0.1) is 0 Å². The van der Waals surface area contributed by atoms with Crippen molar-refractivity contribution in [1.29, 1.82) is 0 Å². The number of hydrogen-bond donors (Lipinski definition) is 3. The highest BCUT2D eigenvalue weighted by Crippen LogP contribution is 2.22. The van der Waals surface area contributed by atoms with E-state index in [2.05, 4.69) is 49.5 Å². The molecule has 0 fully saturated rings. The lowest BCUT2D eigenvalue weighted by molar-refractivity contribution is 0.293. The van der Waals surface area contributed by atoms with Crippen LogP contribution >= 0.6 is 0 Å². The van der Waals surface area contributed by atoms with Crippen LogP contribution in [0.1, 0.15) is 32.4 Å². The number of para-hydroxylation sites is 1. The molecule has 2 aromatic heterocycles. The first-order valence-electron chi connectivity index (χ1n) is 10.5. The van der Waals surface area contributed by atoms with Gasteiger partial charge in [-0.1, -0.05) is 32.0 Å². The Morgan fingerprint density at radius 3 is 2.73 bits per heavy atom. The number of nitrogens with zero attached hydrogens (tertiary/aromatic N) is 4. The van der Waals surface area contributed by atoms with Gasteiger partial charge in [0.1, 0.15) is 12.4 Å². The summed E-state index contributed by atoms with van der Waals surface area (Å²) in [4.78, 5) is 14.6. The van der Waals surface area contributed by atoms with E-state index in [1.807, 2.05) is 43.6 Å². The van der Waals surface area contributed by atoms with Crippen LogP contribution in [0.4, 0.5) is 11.5 Å². The third-order valence-corrected chi connectivity index (χ3v) is 4.58. The molecular weight excluding hydrogens is 378 g/mol. The zero-order valence-electron chi connectivity index (χ0n) is 18.0. The number of nitrogens with one attached hydrogen (secondary N) is 3. The highest BCUT2D eigenvalue weighted by atomic mass is 16.5. The Kier molecular flexibility index (Phi) is 8.02. The van der Waals surface area contributed by atoms with Crippen LogP contribution in [0.3, 0.4) is 0 Å². The van der Waals surface area contributed by atoms with Crippen molar-refractivity contribution in [3.05, 3.63) is 42.2 Å². The first-order chi connectivity index (χ1) is 14.7. The standard InChI is InChI=1S/C22H31N7O/c1-4-11-29(12-5-2)21-14-17(26-22(27-21)30-13-10-23-3)15-25-28-20-16-24-19-9-7-6-8-18(19)20/h6-9,14-16,23-24,28H,4-5,10-13H2,1-3H3/b25-15+. The quantitative estimate of drug-likeness (QED) is 0.240. The number of fused-ring (bicyclic) bond motifs is 1. The minimum Gasteiger partial charge on any atom is -0.462 e. The van der Waals surface area contributed by atoms with Crippen LogP contribution in [-0.4, -0.2) is 54.5 Å². The normalized spacial score (nSPS) is 11.3. The number of likely N-dealkylation sites (N-methyl/N-ethyl adjacent to an activating group) is 1. The van der Waals surface area contributed by atoms with Crippen molar-refractivity contribution in [1.82, 2.24) is 20.3 Å². The molecule has 8 nitrogen and oxygen atoms in total. The Bertz CT molecular complexity index is 948. The lowest BCUT2D eigenvalue weighted by Crippen LogP contribution is -2.26. The van der Waals surface area contributed by atoms with E-state index in [0.717, 1.165) is 54.9 Å². The average Bonchev–Trinajstić information content (AvgIpc) is 3.17. The van der Waals surface area contributed by atoms with Gasteiger partial charge >= 0.3 is 6.01 Å². The topological polar surface area (TPSA) is 90.5 Å². The summed E-state index contributed by atoms with van der Waals surface area (Å²) in [5.41, 5.74) is 5.78. The van der Waals surface area contributed by atoms with Gasteiger partial charge in [-0.05, 0) is 26.0 Å². The highest BCUT2D eigenvalue weighted by Gasteiger charge is 2.11. The lowest BCUT2D eigenvalue weighted by Gasteiger charge is -2.23. The number of H-pyrrole nitrogens is 1. The molecule has 0 spiro atoms. The predicted molar refractivity (Wildman–Crippen MR) is 124 cm³/mol. The second-order valence-electron chi connectivity index (χ2n) is 6.99. The minimum absolute atomic E-state index is 0.369. The van der Waals surface area contributed by atoms with Crippen LogP contribution in [0.5, 0.6) is 6.01 Å². The van der Waals surface area contributed by atoms with Crippen molar-refractivity contribution in [3.63, 3.8) is 0 Å². The Labute approximate surface area is 177 Å². The van der Waals surface area contributed by atoms with E-state index in [-0.39, 0.29) is 0 Å². The number of aromatic nitrogens is 3. The molecule has 1 aromatic carbocycles. The minimum atomic E-state index is 0.369. The number of hydrogen-bond acceptors (Lipinski definition) is 7. The van der Waals surface area contributed by atoms with Gasteiger partial charge in [0.05, 0.1) is 17.6 Å². The summed E-state index contributed by atoms with van der Waals surface area (Å²) in [6, 6.07) is 10.4. The summed E-state index contributed by atoms with van der Waals surface area (Å²) in [6.07, 6.45) is 5.70. The Morgan fingerprint density at radius 1 is 1.17 bits per heavy atom. The van der Waals surface area contributed by atoms with Gasteiger partial charge in [-0.25, -0.2) is 0 Å². The van der Waals surface area contributed by atoms with Crippen LogP contribution in [0.25, 0.3) is 10.9 Å². The van der Waals surface area contributed by atoms with E-state index in [9.17, 15) is 0 Å². The first kappa shape index (κ1) is 21.6. The lowest BCUT2D eigenvalue weighted by atomic mass is 10.2. The van der Waals surface area contributed by atoms with E-state index < -0.39 is 0 Å². The third-order valence-electron chi connectivity index (χ3n) is 4.58. The zero-order valence-corrected chi connectivity index (χ0v) is 18.0. The molecule has 160 valence electrons. The van der Waals surface area contributed by atoms with Gasteiger partial charge in [0.2, 0.25) is 0 Å². The molecule has 3 aromatic rings. The molecule has 0 amide bonds. The Balaban J connectivity index is 1.81. The monoisotopic (exact) mass is 409 g/mol. The van der Waals surface area contributed by atoms with Crippen LogP contribution < -0.4 is 20.4 Å². The molecule has 0 saturated carbocycles. The van der Waals surface area contributed by atoms with Crippen LogP contribution in [0.15, 0.2) is 41.6 Å². The van der Waals surface area contributed by atoms with Crippen molar-refractivity contribution >= 4 is 28.6 Å². The summed E-state index contributed by atoms with van der Waals surface area (Å²) in [6.45, 7) is 7.44. The van der Waals surface area contributed by atoms with E-state index in [1.165, 1.54) is 0 Å². The predicted octanol–water partition coefficient (Wildman–Crippen LogP) is 3.63. The highest BCUT2D eigenvalue weighted by molar-refractivity contribution is 5.92. The van der Waals surface area contributed by atoms with Crippen molar-refractivity contribution in [2.24, 2.45) is 5.10 Å². The summed E-state index contributed by atoms with van der Waals surface area (Å²) in [7, 11) is 1.89. The van der Waals surface area contributed by atoms with Gasteiger partial charge < -0.3 is 19.9 Å². The zero-order chi connectivity index (χ0) is 21.2. The van der Waals surface area contributed by atoms with Crippen molar-refractivity contribution in [2.45, 2.75) is 26.7 Å². The molecule has 2 heterocycles. The average molecular weight is 410 g/mol. The fraction of sp³-hybridized carbons (Fsp3) is 0.409. The molecular formula is C22H31N7O. The second-order valence-corrected chi connectivity index (χ2v) is 6.99. The van der Waals surface area contributed by atoms with Gasteiger partial charge in [-0.15, -0.1) is 0 Å². The number of anilines is 2. The molecule has 3 rings (SSSR count). The fourth-order valence-electron chi connectivity index (χ4n) is 3.18. The fourth-order valence-corrected chi connectivity index (χ4v) is 3.18. The maximum absolute atomic E-state index is 5.75. The summed E-state index contributed by atoms with van der Waals surface area (Å²) in [5.74, 6) is 0.863. The number of ether oxygens (including phenoxy) is 1. The number of aromatic amines is 1. The third kappa shape index (κ3) is 5.70. The molecule has 3 N–H and O–H groups in total. The van der Waals surface area contributed by atoms with Crippen molar-refractivity contribution in [3.8, 4) is 6.01 Å². The molecule has 30 heavy (non-hydrogen) atoms. The first-order valence-corrected chi connectivity index (χ1v) is 10.5. The van der Waals surface area contributed by atoms with Crippen molar-refractivity contribution in [2.75, 3.05) is 43.6 Å². The van der Waals surface area contributed by atoms with E-state index >= 15 is 0 Å². The smallest absolute Gasteiger partial charge is 0.319 e. The summed E-state index contributed by atoms with van der Waals surface area (Å²) in [5, 5.41) is 8.55. The molecule has 0 bridgehead atoms. The Morgan fingerprint density at radius 2 is 1.97 bits per heavy atom. The molecule has 8 heteroatoms.